The molecule has 0 aliphatic heterocycles. The molecule has 18 heavy (non-hydrogen) atoms. The van der Waals surface area contributed by atoms with Gasteiger partial charge in [0.05, 0.1) is 30.6 Å². The van der Waals surface area contributed by atoms with Crippen LogP contribution in [0.1, 0.15) is 44.1 Å². The van der Waals surface area contributed by atoms with Gasteiger partial charge < -0.3 is 4.74 Å². The van der Waals surface area contributed by atoms with Crippen molar-refractivity contribution in [3.8, 4) is 0 Å². The summed E-state index contributed by atoms with van der Waals surface area (Å²) in [6.07, 6.45) is 1.93. The van der Waals surface area contributed by atoms with Crippen LogP contribution >= 0.6 is 11.3 Å². The Morgan fingerprint density at radius 3 is 2.83 bits per heavy atom. The number of hydrogen-bond donors (Lipinski definition) is 0. The average molecular weight is 266 g/mol. The molecule has 5 nitrogen and oxygen atoms in total. The molecular weight excluding hydrogens is 248 g/mol. The Bertz CT molecular complexity index is 466. The lowest BCUT2D eigenvalue weighted by atomic mass is 10.1. The van der Waals surface area contributed by atoms with Crippen molar-refractivity contribution in [2.45, 2.75) is 39.3 Å². The van der Waals surface area contributed by atoms with Gasteiger partial charge in [-0.1, -0.05) is 12.1 Å². The SMILES string of the molecule is CC(COCc1cn(C(C)C)nn1)c1cscn1. The number of nitrogens with zero attached hydrogens (tertiary/aromatic N) is 4. The van der Waals surface area contributed by atoms with Gasteiger partial charge in [0.1, 0.15) is 5.69 Å². The molecule has 98 valence electrons. The van der Waals surface area contributed by atoms with Crippen molar-refractivity contribution in [1.29, 1.82) is 0 Å². The number of thiazole rings is 1. The monoisotopic (exact) mass is 266 g/mol. The topological polar surface area (TPSA) is 52.8 Å². The second-order valence-corrected chi connectivity index (χ2v) is 5.33. The fourth-order valence-electron chi connectivity index (χ4n) is 1.52. The molecule has 2 aromatic heterocycles. The van der Waals surface area contributed by atoms with E-state index in [9.17, 15) is 0 Å². The Labute approximate surface area is 111 Å². The van der Waals surface area contributed by atoms with Crippen molar-refractivity contribution >= 4 is 11.3 Å². The van der Waals surface area contributed by atoms with Crippen LogP contribution in [-0.2, 0) is 11.3 Å². The van der Waals surface area contributed by atoms with Gasteiger partial charge in [-0.15, -0.1) is 16.4 Å². The van der Waals surface area contributed by atoms with E-state index in [2.05, 4.69) is 41.4 Å². The summed E-state index contributed by atoms with van der Waals surface area (Å²) >= 11 is 1.61. The fraction of sp³-hybridized carbons (Fsp3) is 0.583. The lowest BCUT2D eigenvalue weighted by molar-refractivity contribution is 0.107. The molecule has 0 amide bonds. The molecule has 0 spiro atoms. The van der Waals surface area contributed by atoms with Gasteiger partial charge in [0.15, 0.2) is 0 Å². The number of aromatic nitrogens is 4. The minimum atomic E-state index is 0.316. The minimum absolute atomic E-state index is 0.316. The smallest absolute Gasteiger partial charge is 0.108 e. The van der Waals surface area contributed by atoms with Crippen molar-refractivity contribution in [3.05, 3.63) is 28.5 Å². The van der Waals surface area contributed by atoms with Crippen molar-refractivity contribution in [2.75, 3.05) is 6.61 Å². The molecule has 6 heteroatoms. The van der Waals surface area contributed by atoms with E-state index in [0.29, 0.717) is 25.2 Å². The normalized spacial score (nSPS) is 13.1. The van der Waals surface area contributed by atoms with Crippen LogP contribution in [0.15, 0.2) is 17.1 Å². The van der Waals surface area contributed by atoms with E-state index in [1.807, 2.05) is 16.4 Å². The summed E-state index contributed by atoms with van der Waals surface area (Å²) in [6, 6.07) is 0.333. The second kappa shape index (κ2) is 6.06. The molecule has 0 radical (unpaired) electrons. The van der Waals surface area contributed by atoms with Crippen LogP contribution in [0.5, 0.6) is 0 Å². The summed E-state index contributed by atoms with van der Waals surface area (Å²) in [4.78, 5) is 4.28. The van der Waals surface area contributed by atoms with Crippen LogP contribution in [0.25, 0.3) is 0 Å². The van der Waals surface area contributed by atoms with Crippen molar-refractivity contribution in [1.82, 2.24) is 20.0 Å². The zero-order valence-electron chi connectivity index (χ0n) is 10.9. The predicted octanol–water partition coefficient (Wildman–Crippen LogP) is 2.64. The third-order valence-corrected chi connectivity index (χ3v) is 3.27. The molecule has 0 fully saturated rings. The summed E-state index contributed by atoms with van der Waals surface area (Å²) in [7, 11) is 0. The number of ether oxygens (including phenoxy) is 1. The second-order valence-electron chi connectivity index (χ2n) is 4.61. The number of rotatable bonds is 6. The highest BCUT2D eigenvalue weighted by Gasteiger charge is 2.09. The summed E-state index contributed by atoms with van der Waals surface area (Å²) in [6.45, 7) is 7.41. The molecule has 0 saturated heterocycles. The molecule has 1 unspecified atom stereocenters. The highest BCUT2D eigenvalue weighted by atomic mass is 32.1. The molecule has 0 aliphatic rings. The Morgan fingerprint density at radius 1 is 1.39 bits per heavy atom. The van der Waals surface area contributed by atoms with Gasteiger partial charge in [-0.2, -0.15) is 0 Å². The summed E-state index contributed by atoms with van der Waals surface area (Å²) in [5.41, 5.74) is 3.81. The van der Waals surface area contributed by atoms with E-state index < -0.39 is 0 Å². The van der Waals surface area contributed by atoms with Gasteiger partial charge in [-0.25, -0.2) is 9.67 Å². The number of hydrogen-bond acceptors (Lipinski definition) is 5. The summed E-state index contributed by atoms with van der Waals surface area (Å²) in [5, 5.41) is 10.2. The van der Waals surface area contributed by atoms with Crippen LogP contribution in [0.4, 0.5) is 0 Å². The lowest BCUT2D eigenvalue weighted by Crippen LogP contribution is -2.05. The lowest BCUT2D eigenvalue weighted by Gasteiger charge is -2.08. The molecule has 2 rings (SSSR count). The predicted molar refractivity (Wildman–Crippen MR) is 70.6 cm³/mol. The third-order valence-electron chi connectivity index (χ3n) is 2.66. The zero-order chi connectivity index (χ0) is 13.0. The standard InChI is InChI=1S/C12H18N4OS/c1-9(2)16-4-11(14-15-16)6-17-5-10(3)12-7-18-8-13-12/h4,7-10H,5-6H2,1-3H3. The van der Waals surface area contributed by atoms with Crippen LogP contribution in [0.2, 0.25) is 0 Å². The Kier molecular flexibility index (Phi) is 4.43. The van der Waals surface area contributed by atoms with Crippen molar-refractivity contribution in [3.63, 3.8) is 0 Å². The molecule has 0 bridgehead atoms. The Hall–Kier alpha value is -1.27. The maximum Gasteiger partial charge on any atom is 0.108 e. The minimum Gasteiger partial charge on any atom is -0.374 e. The highest BCUT2D eigenvalue weighted by Crippen LogP contribution is 2.15. The Balaban J connectivity index is 1.78. The first-order chi connectivity index (χ1) is 8.66. The molecule has 0 aliphatic carbocycles. The molecule has 1 atom stereocenters. The Morgan fingerprint density at radius 2 is 2.22 bits per heavy atom. The van der Waals surface area contributed by atoms with Crippen molar-refractivity contribution in [2.24, 2.45) is 0 Å². The summed E-state index contributed by atoms with van der Waals surface area (Å²) < 4.78 is 7.48. The van der Waals surface area contributed by atoms with Gasteiger partial charge in [0, 0.05) is 17.3 Å². The van der Waals surface area contributed by atoms with E-state index >= 15 is 0 Å². The maximum absolute atomic E-state index is 5.65. The van der Waals surface area contributed by atoms with Crippen LogP contribution in [-0.4, -0.2) is 26.6 Å². The fourth-order valence-corrected chi connectivity index (χ4v) is 2.20. The highest BCUT2D eigenvalue weighted by molar-refractivity contribution is 7.07. The van der Waals surface area contributed by atoms with Crippen molar-refractivity contribution < 1.29 is 4.74 Å². The van der Waals surface area contributed by atoms with Gasteiger partial charge in [-0.05, 0) is 13.8 Å². The van der Waals surface area contributed by atoms with Gasteiger partial charge in [-0.3, -0.25) is 0 Å². The van der Waals surface area contributed by atoms with E-state index in [1.54, 1.807) is 11.3 Å². The quantitative estimate of drug-likeness (QED) is 0.806. The first-order valence-corrected chi connectivity index (χ1v) is 6.97. The third kappa shape index (κ3) is 3.36. The molecule has 2 aromatic rings. The molecule has 0 saturated carbocycles. The van der Waals surface area contributed by atoms with Crippen LogP contribution in [0.3, 0.4) is 0 Å². The zero-order valence-corrected chi connectivity index (χ0v) is 11.7. The first kappa shape index (κ1) is 13.2. The van der Waals surface area contributed by atoms with E-state index in [0.717, 1.165) is 11.4 Å². The summed E-state index contributed by atoms with van der Waals surface area (Å²) in [5.74, 6) is 0.316. The van der Waals surface area contributed by atoms with E-state index in [4.69, 9.17) is 4.74 Å². The first-order valence-electron chi connectivity index (χ1n) is 6.03. The largest absolute Gasteiger partial charge is 0.374 e. The molecule has 2 heterocycles. The maximum atomic E-state index is 5.65. The average Bonchev–Trinajstić information content (AvgIpc) is 3.00. The van der Waals surface area contributed by atoms with Gasteiger partial charge in [0.2, 0.25) is 0 Å². The van der Waals surface area contributed by atoms with E-state index in [1.165, 1.54) is 0 Å². The van der Waals surface area contributed by atoms with Gasteiger partial charge in [0.25, 0.3) is 0 Å². The van der Waals surface area contributed by atoms with Gasteiger partial charge >= 0.3 is 0 Å². The van der Waals surface area contributed by atoms with Crippen LogP contribution in [0, 0.1) is 0 Å². The molecule has 0 aromatic carbocycles. The van der Waals surface area contributed by atoms with Crippen LogP contribution < -0.4 is 0 Å². The molecule has 0 N–H and O–H groups in total. The molecular formula is C12H18N4OS. The van der Waals surface area contributed by atoms with E-state index in [-0.39, 0.29) is 0 Å².